The lowest BCUT2D eigenvalue weighted by atomic mass is 10.2. The molecule has 108 valence electrons. The number of nitrogens with one attached hydrogen (secondary N) is 1. The predicted molar refractivity (Wildman–Crippen MR) is 76.3 cm³/mol. The largest absolute Gasteiger partial charge is 0.379 e. The van der Waals surface area contributed by atoms with Gasteiger partial charge in [-0.15, -0.1) is 0 Å². The zero-order valence-corrected chi connectivity index (χ0v) is 11.7. The molecule has 20 heavy (non-hydrogen) atoms. The van der Waals surface area contributed by atoms with Crippen LogP contribution < -0.4 is 5.32 Å². The van der Waals surface area contributed by atoms with Gasteiger partial charge in [-0.3, -0.25) is 4.79 Å². The topological polar surface area (TPSA) is 71.3 Å². The summed E-state index contributed by atoms with van der Waals surface area (Å²) in [6, 6.07) is 8.76. The Labute approximate surface area is 119 Å². The Bertz CT molecular complexity index is 437. The SMILES string of the molecule is CCCOCCOCCC(=O)Nc1ccc(C#N)cc1. The number of anilines is 1. The molecule has 0 saturated heterocycles. The summed E-state index contributed by atoms with van der Waals surface area (Å²) in [7, 11) is 0. The maximum absolute atomic E-state index is 11.6. The lowest BCUT2D eigenvalue weighted by Crippen LogP contribution is -2.15. The fraction of sp³-hybridized carbons (Fsp3) is 0.467. The van der Waals surface area contributed by atoms with Crippen molar-refractivity contribution in [2.45, 2.75) is 19.8 Å². The maximum Gasteiger partial charge on any atom is 0.226 e. The summed E-state index contributed by atoms with van der Waals surface area (Å²) in [5.74, 6) is -0.107. The molecule has 1 aromatic rings. The summed E-state index contributed by atoms with van der Waals surface area (Å²) in [6.45, 7) is 4.23. The van der Waals surface area contributed by atoms with Gasteiger partial charge in [0.1, 0.15) is 0 Å². The lowest BCUT2D eigenvalue weighted by molar-refractivity contribution is -0.117. The van der Waals surface area contributed by atoms with E-state index in [2.05, 4.69) is 5.32 Å². The van der Waals surface area contributed by atoms with Gasteiger partial charge in [0.25, 0.3) is 0 Å². The van der Waals surface area contributed by atoms with E-state index in [1.165, 1.54) is 0 Å². The highest BCUT2D eigenvalue weighted by Gasteiger charge is 2.02. The van der Waals surface area contributed by atoms with Gasteiger partial charge in [-0.2, -0.15) is 5.26 Å². The second kappa shape index (κ2) is 9.96. The van der Waals surface area contributed by atoms with E-state index in [0.29, 0.717) is 37.5 Å². The molecule has 0 aliphatic carbocycles. The standard InChI is InChI=1S/C15H20N2O3/c1-2-8-19-10-11-20-9-7-15(18)17-14-5-3-13(12-16)4-6-14/h3-6H,2,7-11H2,1H3,(H,17,18). The van der Waals surface area contributed by atoms with Gasteiger partial charge in [-0.25, -0.2) is 0 Å². The Morgan fingerprint density at radius 3 is 2.40 bits per heavy atom. The fourth-order valence-corrected chi connectivity index (χ4v) is 1.48. The molecule has 5 nitrogen and oxygen atoms in total. The molecule has 0 bridgehead atoms. The van der Waals surface area contributed by atoms with E-state index in [4.69, 9.17) is 14.7 Å². The van der Waals surface area contributed by atoms with Gasteiger partial charge in [0.15, 0.2) is 0 Å². The number of carbonyl (C=O) groups is 1. The van der Waals surface area contributed by atoms with Crippen LogP contribution in [0.5, 0.6) is 0 Å². The van der Waals surface area contributed by atoms with E-state index < -0.39 is 0 Å². The second-order valence-electron chi connectivity index (χ2n) is 4.21. The van der Waals surface area contributed by atoms with Crippen LogP contribution >= 0.6 is 0 Å². The van der Waals surface area contributed by atoms with Crippen LogP contribution in [0.3, 0.4) is 0 Å². The zero-order valence-electron chi connectivity index (χ0n) is 11.7. The van der Waals surface area contributed by atoms with Crippen LogP contribution in [0.4, 0.5) is 5.69 Å². The predicted octanol–water partition coefficient (Wildman–Crippen LogP) is 2.33. The molecule has 0 spiro atoms. The first-order valence-electron chi connectivity index (χ1n) is 6.71. The number of ether oxygens (including phenoxy) is 2. The number of rotatable bonds is 9. The molecule has 1 amide bonds. The summed E-state index contributed by atoms with van der Waals surface area (Å²) < 4.78 is 10.6. The highest BCUT2D eigenvalue weighted by atomic mass is 16.5. The fourth-order valence-electron chi connectivity index (χ4n) is 1.48. The minimum absolute atomic E-state index is 0.107. The highest BCUT2D eigenvalue weighted by Crippen LogP contribution is 2.08. The third-order valence-corrected chi connectivity index (χ3v) is 2.49. The minimum Gasteiger partial charge on any atom is -0.379 e. The monoisotopic (exact) mass is 276 g/mol. The first-order chi connectivity index (χ1) is 9.76. The van der Waals surface area contributed by atoms with E-state index in [1.54, 1.807) is 24.3 Å². The number of nitrogens with zero attached hydrogens (tertiary/aromatic N) is 1. The van der Waals surface area contributed by atoms with Crippen molar-refractivity contribution in [1.82, 2.24) is 0 Å². The number of amides is 1. The second-order valence-corrected chi connectivity index (χ2v) is 4.21. The first kappa shape index (κ1) is 16.2. The van der Waals surface area contributed by atoms with Gasteiger partial charge in [0, 0.05) is 12.3 Å². The first-order valence-corrected chi connectivity index (χ1v) is 6.71. The lowest BCUT2D eigenvalue weighted by Gasteiger charge is -2.06. The average molecular weight is 276 g/mol. The Morgan fingerprint density at radius 1 is 1.15 bits per heavy atom. The Kier molecular flexibility index (Phi) is 8.04. The molecule has 1 aromatic carbocycles. The van der Waals surface area contributed by atoms with E-state index >= 15 is 0 Å². The summed E-state index contributed by atoms with van der Waals surface area (Å²) in [5.41, 5.74) is 1.25. The minimum atomic E-state index is -0.107. The Morgan fingerprint density at radius 2 is 1.80 bits per heavy atom. The molecule has 0 fully saturated rings. The average Bonchev–Trinajstić information content (AvgIpc) is 2.47. The van der Waals surface area contributed by atoms with Crippen molar-refractivity contribution in [3.63, 3.8) is 0 Å². The molecule has 1 N–H and O–H groups in total. The maximum atomic E-state index is 11.6. The van der Waals surface area contributed by atoms with Crippen molar-refractivity contribution in [2.75, 3.05) is 31.7 Å². The molecule has 0 saturated carbocycles. The molecule has 0 heterocycles. The van der Waals surface area contributed by atoms with Crippen molar-refractivity contribution in [1.29, 1.82) is 5.26 Å². The normalized spacial score (nSPS) is 10.0. The quantitative estimate of drug-likeness (QED) is 0.703. The zero-order chi connectivity index (χ0) is 14.6. The van der Waals surface area contributed by atoms with Gasteiger partial charge < -0.3 is 14.8 Å². The molecule has 0 atom stereocenters. The number of hydrogen-bond donors (Lipinski definition) is 1. The van der Waals surface area contributed by atoms with Gasteiger partial charge in [-0.05, 0) is 30.7 Å². The van der Waals surface area contributed by atoms with Crippen molar-refractivity contribution in [3.05, 3.63) is 29.8 Å². The van der Waals surface area contributed by atoms with Crippen LogP contribution in [-0.4, -0.2) is 32.3 Å². The number of benzene rings is 1. The summed E-state index contributed by atoms with van der Waals surface area (Å²) in [5, 5.41) is 11.4. The van der Waals surface area contributed by atoms with Gasteiger partial charge in [0.2, 0.25) is 5.91 Å². The molecular weight excluding hydrogens is 256 g/mol. The number of hydrogen-bond acceptors (Lipinski definition) is 4. The van der Waals surface area contributed by atoms with E-state index in [0.717, 1.165) is 13.0 Å². The number of nitriles is 1. The molecule has 1 rings (SSSR count). The van der Waals surface area contributed by atoms with E-state index in [-0.39, 0.29) is 5.91 Å². The summed E-state index contributed by atoms with van der Waals surface area (Å²) >= 11 is 0. The van der Waals surface area contributed by atoms with Gasteiger partial charge in [-0.1, -0.05) is 6.92 Å². The van der Waals surface area contributed by atoms with Crippen LogP contribution in [0.15, 0.2) is 24.3 Å². The van der Waals surface area contributed by atoms with E-state index in [9.17, 15) is 4.79 Å². The third-order valence-electron chi connectivity index (χ3n) is 2.49. The highest BCUT2D eigenvalue weighted by molar-refractivity contribution is 5.90. The van der Waals surface area contributed by atoms with Crippen LogP contribution in [0.2, 0.25) is 0 Å². The molecule has 0 aromatic heterocycles. The van der Waals surface area contributed by atoms with E-state index in [1.807, 2.05) is 13.0 Å². The smallest absolute Gasteiger partial charge is 0.226 e. The van der Waals surface area contributed by atoms with Crippen molar-refractivity contribution in [2.24, 2.45) is 0 Å². The van der Waals surface area contributed by atoms with Gasteiger partial charge >= 0.3 is 0 Å². The third kappa shape index (κ3) is 6.88. The van der Waals surface area contributed by atoms with Crippen molar-refractivity contribution >= 4 is 11.6 Å². The van der Waals surface area contributed by atoms with Crippen LogP contribution in [0.1, 0.15) is 25.3 Å². The molecule has 0 radical (unpaired) electrons. The van der Waals surface area contributed by atoms with Gasteiger partial charge in [0.05, 0.1) is 37.9 Å². The Hall–Kier alpha value is -1.90. The molecule has 5 heteroatoms. The Balaban J connectivity index is 2.12. The summed E-state index contributed by atoms with van der Waals surface area (Å²) in [6.07, 6.45) is 1.29. The molecular formula is C15H20N2O3. The van der Waals surface area contributed by atoms with Crippen LogP contribution in [-0.2, 0) is 14.3 Å². The molecule has 0 unspecified atom stereocenters. The van der Waals surface area contributed by atoms with Crippen molar-refractivity contribution in [3.8, 4) is 6.07 Å². The van der Waals surface area contributed by atoms with Crippen LogP contribution in [0.25, 0.3) is 0 Å². The van der Waals surface area contributed by atoms with Crippen LogP contribution in [0, 0.1) is 11.3 Å². The summed E-state index contributed by atoms with van der Waals surface area (Å²) in [4.78, 5) is 11.6. The molecule has 0 aliphatic rings. The molecule has 0 aliphatic heterocycles. The van der Waals surface area contributed by atoms with Crippen molar-refractivity contribution < 1.29 is 14.3 Å². The number of carbonyl (C=O) groups excluding carboxylic acids is 1.